The summed E-state index contributed by atoms with van der Waals surface area (Å²) in [5, 5.41) is 2.73. The maximum absolute atomic E-state index is 12.8. The Bertz CT molecular complexity index is 831. The van der Waals surface area contributed by atoms with Crippen molar-refractivity contribution in [2.45, 2.75) is 6.92 Å². The zero-order valence-electron chi connectivity index (χ0n) is 13.7. The Morgan fingerprint density at radius 3 is 2.76 bits per heavy atom. The van der Waals surface area contributed by atoms with Crippen LogP contribution >= 0.6 is 0 Å². The quantitative estimate of drug-likeness (QED) is 0.870. The molecule has 25 heavy (non-hydrogen) atoms. The Morgan fingerprint density at radius 1 is 1.28 bits per heavy atom. The third-order valence-electron chi connectivity index (χ3n) is 3.78. The summed E-state index contributed by atoms with van der Waals surface area (Å²) >= 11 is 0. The lowest BCUT2D eigenvalue weighted by Crippen LogP contribution is -2.38. The second-order valence-corrected chi connectivity index (χ2v) is 5.48. The first kappa shape index (κ1) is 16.7. The van der Waals surface area contributed by atoms with Crippen LogP contribution in [0, 0.1) is 5.82 Å². The van der Waals surface area contributed by atoms with Crippen LogP contribution in [-0.2, 0) is 9.59 Å². The van der Waals surface area contributed by atoms with Gasteiger partial charge in [-0.2, -0.15) is 0 Å². The Balaban J connectivity index is 1.70. The van der Waals surface area contributed by atoms with Gasteiger partial charge >= 0.3 is 0 Å². The molecule has 5 nitrogen and oxygen atoms in total. The zero-order chi connectivity index (χ0) is 17.8. The van der Waals surface area contributed by atoms with E-state index >= 15 is 0 Å². The molecule has 2 amide bonds. The Hall–Kier alpha value is -3.15. The highest BCUT2D eigenvalue weighted by atomic mass is 19.1. The molecular formula is C19H17FN2O3. The highest BCUT2D eigenvalue weighted by Gasteiger charge is 2.24. The Labute approximate surface area is 144 Å². The summed E-state index contributed by atoms with van der Waals surface area (Å²) in [5.41, 5.74) is 1.99. The molecule has 0 atom stereocenters. The molecule has 128 valence electrons. The number of carbonyl (C=O) groups is 2. The van der Waals surface area contributed by atoms with E-state index in [4.69, 9.17) is 4.74 Å². The van der Waals surface area contributed by atoms with Crippen molar-refractivity contribution >= 4 is 29.3 Å². The largest absolute Gasteiger partial charge is 0.481 e. The summed E-state index contributed by atoms with van der Waals surface area (Å²) < 4.78 is 18.3. The SMILES string of the molecule is CCN1C(=O)COc2cc(NC(=O)/C=C/c3ccc(F)cc3)ccc21. The van der Waals surface area contributed by atoms with Gasteiger partial charge in [0, 0.05) is 24.4 Å². The third kappa shape index (κ3) is 3.85. The average molecular weight is 340 g/mol. The van der Waals surface area contributed by atoms with Crippen molar-refractivity contribution in [2.75, 3.05) is 23.4 Å². The normalized spacial score (nSPS) is 13.5. The van der Waals surface area contributed by atoms with Crippen LogP contribution in [0.4, 0.5) is 15.8 Å². The van der Waals surface area contributed by atoms with Crippen molar-refractivity contribution in [3.05, 3.63) is 59.9 Å². The van der Waals surface area contributed by atoms with E-state index in [0.29, 0.717) is 23.7 Å². The molecule has 0 saturated carbocycles. The number of nitrogens with one attached hydrogen (secondary N) is 1. The molecular weight excluding hydrogens is 323 g/mol. The molecule has 0 spiro atoms. The predicted molar refractivity (Wildman–Crippen MR) is 94.0 cm³/mol. The standard InChI is InChI=1S/C19H17FN2O3/c1-2-22-16-9-8-15(11-17(16)25-12-19(22)24)21-18(23)10-5-13-3-6-14(20)7-4-13/h3-11H,2,12H2,1H3,(H,21,23)/b10-5+. The zero-order valence-corrected chi connectivity index (χ0v) is 13.7. The van der Waals surface area contributed by atoms with Crippen molar-refractivity contribution in [1.82, 2.24) is 0 Å². The van der Waals surface area contributed by atoms with Crippen molar-refractivity contribution in [1.29, 1.82) is 0 Å². The minimum atomic E-state index is -0.324. The van der Waals surface area contributed by atoms with E-state index in [-0.39, 0.29) is 24.2 Å². The molecule has 0 unspecified atom stereocenters. The second kappa shape index (κ2) is 7.17. The number of halogens is 1. The van der Waals surface area contributed by atoms with Crippen LogP contribution in [0.3, 0.4) is 0 Å². The summed E-state index contributed by atoms with van der Waals surface area (Å²) in [6.45, 7) is 2.44. The van der Waals surface area contributed by atoms with E-state index in [1.165, 1.54) is 18.2 Å². The molecule has 0 bridgehead atoms. The van der Waals surface area contributed by atoms with E-state index < -0.39 is 0 Å². The molecule has 3 rings (SSSR count). The van der Waals surface area contributed by atoms with Gasteiger partial charge in [-0.3, -0.25) is 9.59 Å². The first-order valence-electron chi connectivity index (χ1n) is 7.88. The van der Waals surface area contributed by atoms with Gasteiger partial charge in [0.15, 0.2) is 6.61 Å². The number of benzene rings is 2. The lowest BCUT2D eigenvalue weighted by molar-refractivity contribution is -0.121. The minimum absolute atomic E-state index is 0.0112. The van der Waals surface area contributed by atoms with Crippen LogP contribution < -0.4 is 15.0 Å². The van der Waals surface area contributed by atoms with Gasteiger partial charge in [0.1, 0.15) is 11.6 Å². The molecule has 1 aliphatic rings. The number of nitrogens with zero attached hydrogens (tertiary/aromatic N) is 1. The molecule has 0 aliphatic carbocycles. The summed E-state index contributed by atoms with van der Waals surface area (Å²) in [7, 11) is 0. The van der Waals surface area contributed by atoms with E-state index in [9.17, 15) is 14.0 Å². The van der Waals surface area contributed by atoms with Gasteiger partial charge in [-0.1, -0.05) is 12.1 Å². The van der Waals surface area contributed by atoms with Gasteiger partial charge in [-0.25, -0.2) is 4.39 Å². The number of carbonyl (C=O) groups excluding carboxylic acids is 2. The van der Waals surface area contributed by atoms with Gasteiger partial charge < -0.3 is 15.0 Å². The number of rotatable bonds is 4. The lowest BCUT2D eigenvalue weighted by atomic mass is 10.2. The monoisotopic (exact) mass is 340 g/mol. The molecule has 0 saturated heterocycles. The van der Waals surface area contributed by atoms with Crippen LogP contribution in [0.1, 0.15) is 12.5 Å². The first-order chi connectivity index (χ1) is 12.1. The molecule has 0 fully saturated rings. The van der Waals surface area contributed by atoms with E-state index in [0.717, 1.165) is 5.56 Å². The number of likely N-dealkylation sites (N-methyl/N-ethyl adjacent to an activating group) is 1. The third-order valence-corrected chi connectivity index (χ3v) is 3.78. The Morgan fingerprint density at radius 2 is 2.04 bits per heavy atom. The minimum Gasteiger partial charge on any atom is -0.481 e. The van der Waals surface area contributed by atoms with Crippen molar-refractivity contribution < 1.29 is 18.7 Å². The number of hydrogen-bond donors (Lipinski definition) is 1. The van der Waals surface area contributed by atoms with Crippen LogP contribution in [0.2, 0.25) is 0 Å². The summed E-state index contributed by atoms with van der Waals surface area (Å²) in [4.78, 5) is 25.4. The van der Waals surface area contributed by atoms with Gasteiger partial charge in [0.2, 0.25) is 5.91 Å². The van der Waals surface area contributed by atoms with Crippen LogP contribution in [0.25, 0.3) is 6.08 Å². The molecule has 0 aromatic heterocycles. The van der Waals surface area contributed by atoms with Crippen molar-refractivity contribution in [3.8, 4) is 5.75 Å². The van der Waals surface area contributed by atoms with Crippen LogP contribution in [-0.4, -0.2) is 25.0 Å². The molecule has 0 radical (unpaired) electrons. The van der Waals surface area contributed by atoms with Gasteiger partial charge in [0.05, 0.1) is 5.69 Å². The number of fused-ring (bicyclic) bond motifs is 1. The van der Waals surface area contributed by atoms with Gasteiger partial charge in [-0.05, 0) is 42.8 Å². The summed E-state index contributed by atoms with van der Waals surface area (Å²) in [6.07, 6.45) is 2.97. The molecule has 2 aromatic carbocycles. The number of ether oxygens (including phenoxy) is 1. The van der Waals surface area contributed by atoms with Crippen molar-refractivity contribution in [3.63, 3.8) is 0 Å². The molecule has 1 aliphatic heterocycles. The van der Waals surface area contributed by atoms with Crippen LogP contribution in [0.5, 0.6) is 5.75 Å². The number of amides is 2. The average Bonchev–Trinajstić information content (AvgIpc) is 2.61. The van der Waals surface area contributed by atoms with Gasteiger partial charge in [-0.15, -0.1) is 0 Å². The van der Waals surface area contributed by atoms with E-state index in [2.05, 4.69) is 5.32 Å². The molecule has 2 aromatic rings. The number of hydrogen-bond acceptors (Lipinski definition) is 3. The fourth-order valence-corrected chi connectivity index (χ4v) is 2.56. The molecule has 6 heteroatoms. The lowest BCUT2D eigenvalue weighted by Gasteiger charge is -2.28. The summed E-state index contributed by atoms with van der Waals surface area (Å²) in [5.74, 6) is -0.172. The van der Waals surface area contributed by atoms with E-state index in [1.54, 1.807) is 41.3 Å². The maximum Gasteiger partial charge on any atom is 0.265 e. The highest BCUT2D eigenvalue weighted by Crippen LogP contribution is 2.34. The Kier molecular flexibility index (Phi) is 4.79. The summed E-state index contributed by atoms with van der Waals surface area (Å²) in [6, 6.07) is 11.0. The number of anilines is 2. The predicted octanol–water partition coefficient (Wildman–Crippen LogP) is 3.22. The molecule has 1 N–H and O–H groups in total. The fraction of sp³-hybridized carbons (Fsp3) is 0.158. The topological polar surface area (TPSA) is 58.6 Å². The van der Waals surface area contributed by atoms with Crippen LogP contribution in [0.15, 0.2) is 48.5 Å². The maximum atomic E-state index is 12.8. The van der Waals surface area contributed by atoms with Gasteiger partial charge in [0.25, 0.3) is 5.91 Å². The van der Waals surface area contributed by atoms with Crippen molar-refractivity contribution in [2.24, 2.45) is 0 Å². The first-order valence-corrected chi connectivity index (χ1v) is 7.88. The van der Waals surface area contributed by atoms with E-state index in [1.807, 2.05) is 6.92 Å². The molecule has 1 heterocycles. The smallest absolute Gasteiger partial charge is 0.265 e. The fourth-order valence-electron chi connectivity index (χ4n) is 2.56. The highest BCUT2D eigenvalue weighted by molar-refractivity contribution is 6.03. The second-order valence-electron chi connectivity index (χ2n) is 5.48.